The largest absolute Gasteiger partial charge is 0.454 e. The molecule has 1 aromatic rings. The van der Waals surface area contributed by atoms with Gasteiger partial charge in [-0.15, -0.1) is 0 Å². The molecule has 4 rings (SSSR count). The Kier molecular flexibility index (Phi) is 5.62. The van der Waals surface area contributed by atoms with E-state index in [0.29, 0.717) is 5.69 Å². The van der Waals surface area contributed by atoms with Gasteiger partial charge in [-0.25, -0.2) is 4.79 Å². The topological polar surface area (TPSA) is 92.8 Å². The Morgan fingerprint density at radius 1 is 1.10 bits per heavy atom. The predicted octanol–water partition coefficient (Wildman–Crippen LogP) is 2.84. The fourth-order valence-electron chi connectivity index (χ4n) is 5.74. The molecule has 2 saturated carbocycles. The lowest BCUT2D eigenvalue weighted by Gasteiger charge is -2.28. The number of nitrogens with zero attached hydrogens (tertiary/aromatic N) is 1. The summed E-state index contributed by atoms with van der Waals surface area (Å²) >= 11 is 0. The van der Waals surface area contributed by atoms with Crippen molar-refractivity contribution >= 4 is 29.4 Å². The highest BCUT2D eigenvalue weighted by molar-refractivity contribution is 6.08. The number of aryl methyl sites for hydroxylation is 2. The van der Waals surface area contributed by atoms with Crippen molar-refractivity contribution in [2.45, 2.75) is 53.0 Å². The van der Waals surface area contributed by atoms with Gasteiger partial charge in [0.25, 0.3) is 5.91 Å². The van der Waals surface area contributed by atoms with Gasteiger partial charge in [0.05, 0.1) is 11.8 Å². The lowest BCUT2D eigenvalue weighted by atomic mass is 9.81. The van der Waals surface area contributed by atoms with Crippen molar-refractivity contribution in [2.24, 2.45) is 29.6 Å². The molecule has 0 radical (unpaired) electrons. The number of nitrogens with one attached hydrogen (secondary N) is 1. The molecule has 7 nitrogen and oxygen atoms in total. The molecule has 31 heavy (non-hydrogen) atoms. The minimum Gasteiger partial charge on any atom is -0.454 e. The Labute approximate surface area is 182 Å². The van der Waals surface area contributed by atoms with Crippen LogP contribution in [-0.4, -0.2) is 41.2 Å². The second-order valence-electron chi connectivity index (χ2n) is 9.59. The van der Waals surface area contributed by atoms with Crippen LogP contribution < -0.4 is 5.32 Å². The number of hydrogen-bond acceptors (Lipinski definition) is 5. The third-order valence-electron chi connectivity index (χ3n) is 7.11. The molecule has 2 aliphatic carbocycles. The van der Waals surface area contributed by atoms with Crippen LogP contribution >= 0.6 is 0 Å². The summed E-state index contributed by atoms with van der Waals surface area (Å²) in [4.78, 5) is 52.5. The molecule has 1 N–H and O–H groups in total. The number of carbonyl (C=O) groups is 4. The quantitative estimate of drug-likeness (QED) is 0.558. The zero-order chi connectivity index (χ0) is 22.4. The highest BCUT2D eigenvalue weighted by atomic mass is 16.5. The minimum atomic E-state index is -1.00. The Morgan fingerprint density at radius 2 is 1.71 bits per heavy atom. The number of carbonyl (C=O) groups excluding carboxylic acids is 4. The summed E-state index contributed by atoms with van der Waals surface area (Å²) in [6.45, 7) is 6.95. The molecule has 0 unspecified atom stereocenters. The van der Waals surface area contributed by atoms with E-state index < -0.39 is 24.5 Å². The average molecular weight is 427 g/mol. The van der Waals surface area contributed by atoms with E-state index in [1.165, 1.54) is 0 Å². The van der Waals surface area contributed by atoms with Gasteiger partial charge in [0.15, 0.2) is 6.61 Å². The SMILES string of the molecule is Cc1ccc(NC(=O)COC(=O)[C@H](C(C)C)N2C(=O)[C@@H]3[C@@H]4CC[C@@H](C4)[C@@H]3C2=O)c(C)c1. The summed E-state index contributed by atoms with van der Waals surface area (Å²) in [5.74, 6) is -2.01. The van der Waals surface area contributed by atoms with Gasteiger partial charge in [-0.1, -0.05) is 31.5 Å². The maximum absolute atomic E-state index is 13.1. The standard InChI is InChI=1S/C24H30N2O5/c1-12(2)21(26-22(28)19-15-6-7-16(10-15)20(19)23(26)29)24(30)31-11-18(27)25-17-8-5-13(3)9-14(17)4/h5,8-9,12,15-16,19-21H,6-7,10-11H2,1-4H3,(H,25,27)/t15-,16+,19-,20+,21-/m0/s1. The molecule has 1 aliphatic heterocycles. The third-order valence-corrected chi connectivity index (χ3v) is 7.11. The summed E-state index contributed by atoms with van der Waals surface area (Å²) in [7, 11) is 0. The fraction of sp³-hybridized carbons (Fsp3) is 0.583. The second kappa shape index (κ2) is 8.09. The zero-order valence-electron chi connectivity index (χ0n) is 18.5. The number of amides is 3. The van der Waals surface area contributed by atoms with Crippen LogP contribution in [0.25, 0.3) is 0 Å². The normalized spacial score (nSPS) is 27.6. The van der Waals surface area contributed by atoms with E-state index in [0.717, 1.165) is 35.3 Å². The smallest absolute Gasteiger partial charge is 0.330 e. The predicted molar refractivity (Wildman–Crippen MR) is 114 cm³/mol. The summed E-state index contributed by atoms with van der Waals surface area (Å²) in [5, 5.41) is 2.74. The summed E-state index contributed by atoms with van der Waals surface area (Å²) in [6, 6.07) is 4.64. The van der Waals surface area contributed by atoms with Gasteiger partial charge >= 0.3 is 5.97 Å². The summed E-state index contributed by atoms with van der Waals surface area (Å²) < 4.78 is 5.27. The first-order valence-electron chi connectivity index (χ1n) is 11.1. The molecule has 0 aromatic heterocycles. The summed E-state index contributed by atoms with van der Waals surface area (Å²) in [5.41, 5.74) is 2.65. The van der Waals surface area contributed by atoms with E-state index in [2.05, 4.69) is 5.32 Å². The van der Waals surface area contributed by atoms with Crippen LogP contribution in [0.2, 0.25) is 0 Å². The van der Waals surface area contributed by atoms with Gasteiger partial charge in [0.1, 0.15) is 6.04 Å². The van der Waals surface area contributed by atoms with Crippen molar-refractivity contribution in [3.05, 3.63) is 29.3 Å². The molecule has 3 fully saturated rings. The molecule has 5 atom stereocenters. The average Bonchev–Trinajstić information content (AvgIpc) is 3.38. The maximum atomic E-state index is 13.1. The van der Waals surface area contributed by atoms with Crippen molar-refractivity contribution in [1.82, 2.24) is 4.90 Å². The molecule has 3 amide bonds. The summed E-state index contributed by atoms with van der Waals surface area (Å²) in [6.07, 6.45) is 2.90. The first-order valence-corrected chi connectivity index (χ1v) is 11.1. The molecule has 2 bridgehead atoms. The Hall–Kier alpha value is -2.70. The molecule has 0 spiro atoms. The van der Waals surface area contributed by atoms with E-state index in [1.807, 2.05) is 26.0 Å². The molecule has 7 heteroatoms. The molecular formula is C24H30N2O5. The van der Waals surface area contributed by atoms with Crippen molar-refractivity contribution in [3.63, 3.8) is 0 Å². The lowest BCUT2D eigenvalue weighted by Crippen LogP contribution is -2.50. The number of ether oxygens (including phenoxy) is 1. The first-order chi connectivity index (χ1) is 14.7. The van der Waals surface area contributed by atoms with Crippen LogP contribution in [-0.2, 0) is 23.9 Å². The number of fused-ring (bicyclic) bond motifs is 5. The molecular weight excluding hydrogens is 396 g/mol. The Balaban J connectivity index is 1.42. The van der Waals surface area contributed by atoms with Crippen LogP contribution in [0.3, 0.4) is 0 Å². The van der Waals surface area contributed by atoms with Crippen molar-refractivity contribution in [3.8, 4) is 0 Å². The number of esters is 1. The van der Waals surface area contributed by atoms with Gasteiger partial charge in [0, 0.05) is 5.69 Å². The van der Waals surface area contributed by atoms with Crippen molar-refractivity contribution in [2.75, 3.05) is 11.9 Å². The van der Waals surface area contributed by atoms with Crippen molar-refractivity contribution in [1.29, 1.82) is 0 Å². The van der Waals surface area contributed by atoms with E-state index in [9.17, 15) is 19.2 Å². The highest BCUT2D eigenvalue weighted by Crippen LogP contribution is 2.56. The maximum Gasteiger partial charge on any atom is 0.330 e. The van der Waals surface area contributed by atoms with Gasteiger partial charge in [-0.05, 0) is 62.5 Å². The van der Waals surface area contributed by atoms with Crippen LogP contribution in [0.1, 0.15) is 44.2 Å². The van der Waals surface area contributed by atoms with Crippen molar-refractivity contribution < 1.29 is 23.9 Å². The fourth-order valence-corrected chi connectivity index (χ4v) is 5.74. The van der Waals surface area contributed by atoms with Crippen LogP contribution in [0.4, 0.5) is 5.69 Å². The van der Waals surface area contributed by atoms with Gasteiger partial charge in [0.2, 0.25) is 11.8 Å². The van der Waals surface area contributed by atoms with E-state index in [4.69, 9.17) is 4.74 Å². The van der Waals surface area contributed by atoms with Crippen LogP contribution in [0, 0.1) is 43.4 Å². The third kappa shape index (κ3) is 3.75. The molecule has 1 aromatic carbocycles. The number of rotatable bonds is 6. The molecule has 1 heterocycles. The first kappa shape index (κ1) is 21.5. The van der Waals surface area contributed by atoms with Crippen LogP contribution in [0.5, 0.6) is 0 Å². The van der Waals surface area contributed by atoms with Gasteiger partial charge < -0.3 is 10.1 Å². The minimum absolute atomic E-state index is 0.238. The molecule has 3 aliphatic rings. The Morgan fingerprint density at radius 3 is 2.26 bits per heavy atom. The highest BCUT2D eigenvalue weighted by Gasteiger charge is 2.62. The molecule has 166 valence electrons. The van der Waals surface area contributed by atoms with E-state index in [-0.39, 0.29) is 41.4 Å². The number of hydrogen-bond donors (Lipinski definition) is 1. The van der Waals surface area contributed by atoms with E-state index >= 15 is 0 Å². The van der Waals surface area contributed by atoms with E-state index in [1.54, 1.807) is 19.9 Å². The van der Waals surface area contributed by atoms with Crippen LogP contribution in [0.15, 0.2) is 18.2 Å². The monoisotopic (exact) mass is 426 g/mol. The van der Waals surface area contributed by atoms with Gasteiger partial charge in [-0.3, -0.25) is 19.3 Å². The number of likely N-dealkylation sites (tertiary alicyclic amines) is 1. The zero-order valence-corrected chi connectivity index (χ0v) is 18.5. The second-order valence-corrected chi connectivity index (χ2v) is 9.59. The lowest BCUT2D eigenvalue weighted by molar-refractivity contribution is -0.162. The number of imide groups is 1. The van der Waals surface area contributed by atoms with Gasteiger partial charge in [-0.2, -0.15) is 0 Å². The number of anilines is 1. The Bertz CT molecular complexity index is 912. The number of benzene rings is 1. The molecule has 1 saturated heterocycles.